The smallest absolute Gasteiger partial charge is 0.115 e. The molecule has 13 heavy (non-hydrogen) atoms. The molecule has 0 saturated carbocycles. The standard InChI is InChI=1S/C10H16N2S/c1-5-12-9(8(4)13)6-11-10(12)7(2)3/h5-8,13H,1H2,2-4H3. The van der Waals surface area contributed by atoms with Crippen LogP contribution in [0.5, 0.6) is 0 Å². The first kappa shape index (κ1) is 10.4. The molecule has 0 fully saturated rings. The summed E-state index contributed by atoms with van der Waals surface area (Å²) in [7, 11) is 0. The molecule has 1 atom stereocenters. The molecule has 0 aliphatic carbocycles. The van der Waals surface area contributed by atoms with Crippen molar-refractivity contribution in [3.05, 3.63) is 24.3 Å². The number of nitrogens with zero attached hydrogens (tertiary/aromatic N) is 2. The summed E-state index contributed by atoms with van der Waals surface area (Å²) in [5.41, 5.74) is 1.10. The Hall–Kier alpha value is -0.700. The Bertz CT molecular complexity index is 274. The number of hydrogen-bond donors (Lipinski definition) is 1. The number of aromatic nitrogens is 2. The summed E-state index contributed by atoms with van der Waals surface area (Å²) in [5, 5.41) is 0.193. The lowest BCUT2D eigenvalue weighted by atomic mass is 10.2. The van der Waals surface area contributed by atoms with Crippen LogP contribution in [0.3, 0.4) is 0 Å². The van der Waals surface area contributed by atoms with Gasteiger partial charge in [0, 0.05) is 23.6 Å². The second-order valence-electron chi connectivity index (χ2n) is 3.42. The van der Waals surface area contributed by atoms with Gasteiger partial charge in [0.2, 0.25) is 0 Å². The van der Waals surface area contributed by atoms with Gasteiger partial charge in [0.25, 0.3) is 0 Å². The highest BCUT2D eigenvalue weighted by Crippen LogP contribution is 2.23. The van der Waals surface area contributed by atoms with Crippen LogP contribution in [0.15, 0.2) is 12.8 Å². The van der Waals surface area contributed by atoms with Gasteiger partial charge in [0.05, 0.1) is 5.69 Å². The van der Waals surface area contributed by atoms with E-state index in [-0.39, 0.29) is 5.25 Å². The third-order valence-electron chi connectivity index (χ3n) is 1.98. The molecule has 0 N–H and O–H groups in total. The van der Waals surface area contributed by atoms with Gasteiger partial charge in [-0.3, -0.25) is 0 Å². The first-order valence-electron chi connectivity index (χ1n) is 4.45. The summed E-state index contributed by atoms with van der Waals surface area (Å²) in [6, 6.07) is 0. The van der Waals surface area contributed by atoms with E-state index in [1.165, 1.54) is 0 Å². The topological polar surface area (TPSA) is 17.8 Å². The van der Waals surface area contributed by atoms with Gasteiger partial charge in [-0.15, -0.1) is 0 Å². The molecule has 0 aliphatic rings. The SMILES string of the molecule is C=Cn1c(C(C)S)cnc1C(C)C. The normalized spacial score (nSPS) is 13.3. The molecular weight excluding hydrogens is 180 g/mol. The molecule has 1 rings (SSSR count). The number of thiol groups is 1. The fourth-order valence-electron chi connectivity index (χ4n) is 1.32. The molecule has 1 aromatic heterocycles. The predicted molar refractivity (Wildman–Crippen MR) is 60.1 cm³/mol. The molecule has 3 heteroatoms. The van der Waals surface area contributed by atoms with Crippen molar-refractivity contribution in [3.8, 4) is 0 Å². The number of hydrogen-bond acceptors (Lipinski definition) is 2. The highest BCUT2D eigenvalue weighted by molar-refractivity contribution is 7.80. The van der Waals surface area contributed by atoms with Crippen molar-refractivity contribution >= 4 is 18.8 Å². The molecule has 0 bridgehead atoms. The Labute approximate surface area is 85.1 Å². The van der Waals surface area contributed by atoms with E-state index in [1.807, 2.05) is 17.7 Å². The Balaban J connectivity index is 3.18. The van der Waals surface area contributed by atoms with Crippen molar-refractivity contribution in [3.63, 3.8) is 0 Å². The maximum absolute atomic E-state index is 4.38. The molecule has 0 aromatic carbocycles. The second-order valence-corrected chi connectivity index (χ2v) is 4.20. The van der Waals surface area contributed by atoms with Crippen molar-refractivity contribution in [2.75, 3.05) is 0 Å². The molecule has 0 amide bonds. The molecular formula is C10H16N2S. The zero-order chi connectivity index (χ0) is 10.0. The summed E-state index contributed by atoms with van der Waals surface area (Å²) >= 11 is 4.38. The van der Waals surface area contributed by atoms with Crippen molar-refractivity contribution < 1.29 is 0 Å². The van der Waals surface area contributed by atoms with Gasteiger partial charge in [-0.25, -0.2) is 4.98 Å². The monoisotopic (exact) mass is 196 g/mol. The van der Waals surface area contributed by atoms with Crippen LogP contribution in [0.1, 0.15) is 43.5 Å². The van der Waals surface area contributed by atoms with Crippen molar-refractivity contribution in [2.45, 2.75) is 31.9 Å². The highest BCUT2D eigenvalue weighted by atomic mass is 32.1. The van der Waals surface area contributed by atoms with Crippen LogP contribution in [-0.2, 0) is 0 Å². The zero-order valence-corrected chi connectivity index (χ0v) is 9.25. The lowest BCUT2D eigenvalue weighted by molar-refractivity contribution is 0.753. The van der Waals surface area contributed by atoms with Crippen LogP contribution in [0, 0.1) is 0 Å². The van der Waals surface area contributed by atoms with Crippen LogP contribution in [0.2, 0.25) is 0 Å². The maximum Gasteiger partial charge on any atom is 0.115 e. The van der Waals surface area contributed by atoms with Crippen molar-refractivity contribution in [1.29, 1.82) is 0 Å². The van der Waals surface area contributed by atoms with Gasteiger partial charge in [0.1, 0.15) is 5.82 Å². The minimum atomic E-state index is 0.193. The van der Waals surface area contributed by atoms with E-state index in [0.717, 1.165) is 11.5 Å². The van der Waals surface area contributed by atoms with Crippen molar-refractivity contribution in [1.82, 2.24) is 9.55 Å². The van der Waals surface area contributed by atoms with Gasteiger partial charge in [0.15, 0.2) is 0 Å². The fraction of sp³-hybridized carbons (Fsp3) is 0.500. The summed E-state index contributed by atoms with van der Waals surface area (Å²) in [4.78, 5) is 4.35. The summed E-state index contributed by atoms with van der Waals surface area (Å²) in [6.45, 7) is 10.1. The van der Waals surface area contributed by atoms with Crippen LogP contribution in [-0.4, -0.2) is 9.55 Å². The highest BCUT2D eigenvalue weighted by Gasteiger charge is 2.12. The maximum atomic E-state index is 4.38. The molecule has 1 unspecified atom stereocenters. The Morgan fingerprint density at radius 2 is 2.15 bits per heavy atom. The third kappa shape index (κ3) is 1.97. The third-order valence-corrected chi connectivity index (χ3v) is 2.25. The molecule has 0 spiro atoms. The van der Waals surface area contributed by atoms with Gasteiger partial charge in [-0.1, -0.05) is 20.4 Å². The average Bonchev–Trinajstić information content (AvgIpc) is 2.46. The molecule has 1 heterocycles. The largest absolute Gasteiger partial charge is 0.307 e. The van der Waals surface area contributed by atoms with Crippen LogP contribution < -0.4 is 0 Å². The minimum absolute atomic E-state index is 0.193. The second kappa shape index (κ2) is 4.01. The summed E-state index contributed by atoms with van der Waals surface area (Å²) in [6.07, 6.45) is 3.67. The summed E-state index contributed by atoms with van der Waals surface area (Å²) in [5.74, 6) is 1.46. The van der Waals surface area contributed by atoms with Gasteiger partial charge in [-0.2, -0.15) is 12.6 Å². The van der Waals surface area contributed by atoms with Gasteiger partial charge >= 0.3 is 0 Å². The van der Waals surface area contributed by atoms with E-state index >= 15 is 0 Å². The van der Waals surface area contributed by atoms with Crippen LogP contribution >= 0.6 is 12.6 Å². The van der Waals surface area contributed by atoms with E-state index in [2.05, 4.69) is 38.0 Å². The molecule has 2 nitrogen and oxygen atoms in total. The lowest BCUT2D eigenvalue weighted by Crippen LogP contribution is -2.02. The Morgan fingerprint density at radius 3 is 2.54 bits per heavy atom. The first-order valence-corrected chi connectivity index (χ1v) is 4.97. The van der Waals surface area contributed by atoms with E-state index in [1.54, 1.807) is 6.20 Å². The zero-order valence-electron chi connectivity index (χ0n) is 8.36. The summed E-state index contributed by atoms with van der Waals surface area (Å²) < 4.78 is 2.02. The molecule has 0 saturated heterocycles. The average molecular weight is 196 g/mol. The van der Waals surface area contributed by atoms with Gasteiger partial charge < -0.3 is 4.57 Å². The van der Waals surface area contributed by atoms with Crippen molar-refractivity contribution in [2.24, 2.45) is 0 Å². The van der Waals surface area contributed by atoms with E-state index in [4.69, 9.17) is 0 Å². The van der Waals surface area contributed by atoms with Gasteiger partial charge in [-0.05, 0) is 6.92 Å². The molecule has 0 radical (unpaired) electrons. The Kier molecular flexibility index (Phi) is 3.20. The number of rotatable bonds is 3. The fourth-order valence-corrected chi connectivity index (χ4v) is 1.52. The van der Waals surface area contributed by atoms with Crippen LogP contribution in [0.4, 0.5) is 0 Å². The van der Waals surface area contributed by atoms with E-state index in [0.29, 0.717) is 5.92 Å². The molecule has 72 valence electrons. The molecule has 1 aromatic rings. The van der Waals surface area contributed by atoms with E-state index < -0.39 is 0 Å². The minimum Gasteiger partial charge on any atom is -0.307 e. The predicted octanol–water partition coefficient (Wildman–Crippen LogP) is 3.10. The Morgan fingerprint density at radius 1 is 1.54 bits per heavy atom. The first-order chi connectivity index (χ1) is 6.07. The molecule has 0 aliphatic heterocycles. The van der Waals surface area contributed by atoms with Crippen LogP contribution in [0.25, 0.3) is 6.20 Å². The van der Waals surface area contributed by atoms with E-state index in [9.17, 15) is 0 Å². The quantitative estimate of drug-likeness (QED) is 0.735. The lowest BCUT2D eigenvalue weighted by Gasteiger charge is -2.10. The number of imidazole rings is 1.